The van der Waals surface area contributed by atoms with Gasteiger partial charge in [-0.15, -0.1) is 0 Å². The van der Waals surface area contributed by atoms with Gasteiger partial charge in [-0.1, -0.05) is 12.1 Å². The van der Waals surface area contributed by atoms with Crippen LogP contribution in [0.3, 0.4) is 0 Å². The van der Waals surface area contributed by atoms with Crippen LogP contribution in [0, 0.1) is 6.92 Å². The number of aryl methyl sites for hydroxylation is 1. The van der Waals surface area contributed by atoms with Gasteiger partial charge in [0.25, 0.3) is 0 Å². The first kappa shape index (κ1) is 10.9. The maximum absolute atomic E-state index is 5.85. The fourth-order valence-corrected chi connectivity index (χ4v) is 1.67. The molecular weight excluding hydrogens is 200 g/mol. The topological polar surface area (TPSA) is 69.9 Å². The maximum atomic E-state index is 5.85. The number of imidazole rings is 1. The Morgan fingerprint density at radius 1 is 1.31 bits per heavy atom. The number of aromatic nitrogens is 2. The third-order valence-electron chi connectivity index (χ3n) is 2.68. The Balaban J connectivity index is 2.30. The molecule has 84 valence electrons. The van der Waals surface area contributed by atoms with Crippen molar-refractivity contribution in [3.8, 4) is 5.69 Å². The lowest BCUT2D eigenvalue weighted by molar-refractivity contribution is 0.736. The van der Waals surface area contributed by atoms with E-state index >= 15 is 0 Å². The molecule has 0 aliphatic heterocycles. The molecule has 0 fully saturated rings. The zero-order valence-corrected chi connectivity index (χ0v) is 9.30. The van der Waals surface area contributed by atoms with Crippen molar-refractivity contribution in [1.29, 1.82) is 0 Å². The van der Waals surface area contributed by atoms with Crippen LogP contribution < -0.4 is 11.5 Å². The van der Waals surface area contributed by atoms with E-state index < -0.39 is 0 Å². The van der Waals surface area contributed by atoms with Crippen molar-refractivity contribution in [3.63, 3.8) is 0 Å². The van der Waals surface area contributed by atoms with Gasteiger partial charge in [0.05, 0.1) is 0 Å². The number of hydrogen-bond acceptors (Lipinski definition) is 3. The van der Waals surface area contributed by atoms with Crippen molar-refractivity contribution in [2.75, 3.05) is 6.54 Å². The van der Waals surface area contributed by atoms with Crippen LogP contribution in [-0.2, 0) is 0 Å². The first-order valence-corrected chi connectivity index (χ1v) is 5.28. The molecule has 0 spiro atoms. The summed E-state index contributed by atoms with van der Waals surface area (Å²) in [5.74, 6) is 0.968. The lowest BCUT2D eigenvalue weighted by atomic mass is 10.1. The second-order valence-electron chi connectivity index (χ2n) is 3.78. The molecule has 4 nitrogen and oxygen atoms in total. The highest BCUT2D eigenvalue weighted by molar-refractivity contribution is 5.36. The average Bonchev–Trinajstić information content (AvgIpc) is 2.75. The highest BCUT2D eigenvalue weighted by atomic mass is 15.1. The second-order valence-corrected chi connectivity index (χ2v) is 3.78. The van der Waals surface area contributed by atoms with E-state index in [1.54, 1.807) is 6.20 Å². The molecule has 0 saturated carbocycles. The van der Waals surface area contributed by atoms with Crippen LogP contribution in [0.5, 0.6) is 0 Å². The molecule has 4 N–H and O–H groups in total. The number of rotatable bonds is 3. The monoisotopic (exact) mass is 216 g/mol. The molecular formula is C12H16N4. The molecule has 4 heteroatoms. The fourth-order valence-electron chi connectivity index (χ4n) is 1.67. The summed E-state index contributed by atoms with van der Waals surface area (Å²) in [6.07, 6.45) is 3.72. The Morgan fingerprint density at radius 2 is 2.00 bits per heavy atom. The smallest absolute Gasteiger partial charge is 0.110 e. The van der Waals surface area contributed by atoms with Crippen LogP contribution in [-0.4, -0.2) is 16.1 Å². The molecule has 2 rings (SSSR count). The molecule has 1 atom stereocenters. The number of hydrogen-bond donors (Lipinski definition) is 2. The lowest BCUT2D eigenvalue weighted by Crippen LogP contribution is -2.20. The average molecular weight is 216 g/mol. The summed E-state index contributed by atoms with van der Waals surface area (Å²) in [5, 5.41) is 0. The Labute approximate surface area is 94.9 Å². The van der Waals surface area contributed by atoms with Crippen molar-refractivity contribution in [2.24, 2.45) is 11.5 Å². The molecule has 0 saturated heterocycles. The third kappa shape index (κ3) is 1.98. The van der Waals surface area contributed by atoms with Gasteiger partial charge >= 0.3 is 0 Å². The molecule has 16 heavy (non-hydrogen) atoms. The summed E-state index contributed by atoms with van der Waals surface area (Å²) < 4.78 is 2.03. The van der Waals surface area contributed by atoms with Crippen LogP contribution in [0.2, 0.25) is 0 Å². The standard InChI is InChI=1S/C12H16N4/c1-9-15-6-7-16(9)11-4-2-10(3-5-11)12(14)8-13/h2-7,12H,8,13-14H2,1H3/t12-/m1/s1. The summed E-state index contributed by atoms with van der Waals surface area (Å²) in [7, 11) is 0. The highest BCUT2D eigenvalue weighted by Gasteiger charge is 2.04. The van der Waals surface area contributed by atoms with E-state index in [-0.39, 0.29) is 6.04 Å². The number of benzene rings is 1. The van der Waals surface area contributed by atoms with Gasteiger partial charge in [-0.05, 0) is 24.6 Å². The molecule has 1 aromatic heterocycles. The zero-order chi connectivity index (χ0) is 11.5. The minimum Gasteiger partial charge on any atom is -0.329 e. The summed E-state index contributed by atoms with van der Waals surface area (Å²) >= 11 is 0. The van der Waals surface area contributed by atoms with Crippen molar-refractivity contribution >= 4 is 0 Å². The molecule has 0 unspecified atom stereocenters. The Kier molecular flexibility index (Phi) is 3.03. The molecule has 1 aromatic carbocycles. The summed E-state index contributed by atoms with van der Waals surface area (Å²) in [4.78, 5) is 4.18. The van der Waals surface area contributed by atoms with Gasteiger partial charge in [0.1, 0.15) is 5.82 Å². The van der Waals surface area contributed by atoms with Crippen LogP contribution in [0.15, 0.2) is 36.7 Å². The minimum absolute atomic E-state index is 0.0852. The summed E-state index contributed by atoms with van der Waals surface area (Å²) in [6.45, 7) is 2.43. The minimum atomic E-state index is -0.0852. The SMILES string of the molecule is Cc1nccn1-c1ccc([C@H](N)CN)cc1. The van der Waals surface area contributed by atoms with Crippen LogP contribution in [0.4, 0.5) is 0 Å². The van der Waals surface area contributed by atoms with Gasteiger partial charge in [-0.3, -0.25) is 0 Å². The molecule has 0 radical (unpaired) electrons. The van der Waals surface area contributed by atoms with Crippen molar-refractivity contribution in [3.05, 3.63) is 48.0 Å². The number of nitrogens with zero attached hydrogens (tertiary/aromatic N) is 2. The zero-order valence-electron chi connectivity index (χ0n) is 9.30. The van der Waals surface area contributed by atoms with E-state index in [2.05, 4.69) is 4.98 Å². The first-order valence-electron chi connectivity index (χ1n) is 5.28. The molecule has 0 aliphatic carbocycles. The van der Waals surface area contributed by atoms with Crippen molar-refractivity contribution < 1.29 is 0 Å². The molecule has 0 amide bonds. The first-order chi connectivity index (χ1) is 7.72. The Bertz CT molecular complexity index is 458. The van der Waals surface area contributed by atoms with Gasteiger partial charge < -0.3 is 16.0 Å². The van der Waals surface area contributed by atoms with Crippen LogP contribution in [0.25, 0.3) is 5.69 Å². The maximum Gasteiger partial charge on any atom is 0.110 e. The van der Waals surface area contributed by atoms with Crippen LogP contribution in [0.1, 0.15) is 17.4 Å². The van der Waals surface area contributed by atoms with Gasteiger partial charge in [0.15, 0.2) is 0 Å². The fraction of sp³-hybridized carbons (Fsp3) is 0.250. The Hall–Kier alpha value is -1.65. The predicted octanol–water partition coefficient (Wildman–Crippen LogP) is 1.14. The summed E-state index contributed by atoms with van der Waals surface area (Å²) in [5.41, 5.74) is 13.5. The second kappa shape index (κ2) is 4.47. The van der Waals surface area contributed by atoms with E-state index in [1.165, 1.54) is 0 Å². The lowest BCUT2D eigenvalue weighted by Gasteiger charge is -2.10. The summed E-state index contributed by atoms with van der Waals surface area (Å²) in [6, 6.07) is 7.98. The molecule has 2 aromatic rings. The van der Waals surface area contributed by atoms with E-state index in [4.69, 9.17) is 11.5 Å². The van der Waals surface area contributed by atoms with Gasteiger partial charge in [-0.25, -0.2) is 4.98 Å². The van der Waals surface area contributed by atoms with E-state index in [9.17, 15) is 0 Å². The van der Waals surface area contributed by atoms with Crippen molar-refractivity contribution in [1.82, 2.24) is 9.55 Å². The van der Waals surface area contributed by atoms with E-state index in [0.717, 1.165) is 17.1 Å². The quantitative estimate of drug-likeness (QED) is 0.808. The molecule has 1 heterocycles. The van der Waals surface area contributed by atoms with Gasteiger partial charge in [0.2, 0.25) is 0 Å². The highest BCUT2D eigenvalue weighted by Crippen LogP contribution is 2.14. The van der Waals surface area contributed by atoms with Crippen molar-refractivity contribution in [2.45, 2.75) is 13.0 Å². The Morgan fingerprint density at radius 3 is 2.50 bits per heavy atom. The molecule has 0 aliphatic rings. The van der Waals surface area contributed by atoms with E-state index in [1.807, 2.05) is 42.0 Å². The van der Waals surface area contributed by atoms with Gasteiger partial charge in [0, 0.05) is 30.7 Å². The molecule has 0 bridgehead atoms. The predicted molar refractivity (Wildman–Crippen MR) is 64.3 cm³/mol. The van der Waals surface area contributed by atoms with Gasteiger partial charge in [-0.2, -0.15) is 0 Å². The van der Waals surface area contributed by atoms with Crippen LogP contribution >= 0.6 is 0 Å². The number of nitrogens with two attached hydrogens (primary N) is 2. The third-order valence-corrected chi connectivity index (χ3v) is 2.68. The largest absolute Gasteiger partial charge is 0.329 e. The normalized spacial score (nSPS) is 12.7. The van der Waals surface area contributed by atoms with E-state index in [0.29, 0.717) is 6.54 Å².